The minimum absolute atomic E-state index is 0.259. The molecule has 0 aliphatic carbocycles. The molecule has 1 heterocycles. The van der Waals surface area contributed by atoms with Gasteiger partial charge < -0.3 is 5.73 Å². The first kappa shape index (κ1) is 17.5. The Bertz CT molecular complexity index is 937. The number of primary amides is 1. The van der Waals surface area contributed by atoms with Gasteiger partial charge in [-0.05, 0) is 62.1 Å². The molecule has 0 aromatic heterocycles. The van der Waals surface area contributed by atoms with Crippen molar-refractivity contribution in [2.24, 2.45) is 5.73 Å². The molecule has 0 fully saturated rings. The van der Waals surface area contributed by atoms with Crippen LogP contribution in [-0.4, -0.2) is 20.4 Å². The van der Waals surface area contributed by atoms with Gasteiger partial charge in [-0.1, -0.05) is 24.3 Å². The van der Waals surface area contributed by atoms with E-state index in [1.54, 1.807) is 36.4 Å². The maximum absolute atomic E-state index is 13.3. The Morgan fingerprint density at radius 2 is 1.80 bits per heavy atom. The highest BCUT2D eigenvalue weighted by Gasteiger charge is 2.39. The molecule has 1 amide bonds. The SMILES string of the molecule is Cc1ccc(S(=O)(=O)N2c3ccccc3C(C(N)=O)CC2C)cc1C. The minimum Gasteiger partial charge on any atom is -0.369 e. The Balaban J connectivity index is 2.16. The van der Waals surface area contributed by atoms with E-state index in [1.165, 1.54) is 4.31 Å². The summed E-state index contributed by atoms with van der Waals surface area (Å²) < 4.78 is 28.0. The topological polar surface area (TPSA) is 80.5 Å². The fraction of sp³-hybridized carbons (Fsp3) is 0.316. The van der Waals surface area contributed by atoms with Gasteiger partial charge in [0.1, 0.15) is 0 Å². The van der Waals surface area contributed by atoms with Crippen LogP contribution in [0, 0.1) is 13.8 Å². The Labute approximate surface area is 148 Å². The van der Waals surface area contributed by atoms with E-state index >= 15 is 0 Å². The Morgan fingerprint density at radius 1 is 1.12 bits per heavy atom. The number of nitrogens with two attached hydrogens (primary N) is 1. The van der Waals surface area contributed by atoms with Crippen LogP contribution in [0.15, 0.2) is 47.4 Å². The van der Waals surface area contributed by atoms with Crippen molar-refractivity contribution in [1.82, 2.24) is 0 Å². The van der Waals surface area contributed by atoms with E-state index in [0.29, 0.717) is 17.7 Å². The molecule has 2 unspecified atom stereocenters. The van der Waals surface area contributed by atoms with E-state index in [4.69, 9.17) is 5.73 Å². The van der Waals surface area contributed by atoms with Crippen LogP contribution in [-0.2, 0) is 14.8 Å². The molecular formula is C19H22N2O3S. The van der Waals surface area contributed by atoms with Crippen molar-refractivity contribution in [2.75, 3.05) is 4.31 Å². The molecule has 25 heavy (non-hydrogen) atoms. The predicted molar refractivity (Wildman–Crippen MR) is 98.0 cm³/mol. The molecule has 0 spiro atoms. The van der Waals surface area contributed by atoms with Crippen LogP contribution in [0.25, 0.3) is 0 Å². The minimum atomic E-state index is -3.73. The van der Waals surface area contributed by atoms with Crippen LogP contribution in [0.1, 0.15) is 36.0 Å². The summed E-state index contributed by atoms with van der Waals surface area (Å²) in [5.41, 5.74) is 8.70. The van der Waals surface area contributed by atoms with Crippen molar-refractivity contribution in [2.45, 2.75) is 44.0 Å². The predicted octanol–water partition coefficient (Wildman–Crippen LogP) is 2.86. The van der Waals surface area contributed by atoms with Crippen LogP contribution in [0.4, 0.5) is 5.69 Å². The molecule has 2 N–H and O–H groups in total. The van der Waals surface area contributed by atoms with E-state index in [-0.39, 0.29) is 10.9 Å². The summed E-state index contributed by atoms with van der Waals surface area (Å²) in [5, 5.41) is 0. The molecule has 0 saturated carbocycles. The second-order valence-corrected chi connectivity index (χ2v) is 8.46. The number of carbonyl (C=O) groups is 1. The Kier molecular flexibility index (Phi) is 4.33. The molecule has 6 heteroatoms. The van der Waals surface area contributed by atoms with Gasteiger partial charge in [0.05, 0.1) is 16.5 Å². The van der Waals surface area contributed by atoms with Crippen molar-refractivity contribution < 1.29 is 13.2 Å². The molecule has 5 nitrogen and oxygen atoms in total. The van der Waals surface area contributed by atoms with Gasteiger partial charge in [0.25, 0.3) is 10.0 Å². The summed E-state index contributed by atoms with van der Waals surface area (Å²) in [6.07, 6.45) is 0.371. The number of anilines is 1. The molecular weight excluding hydrogens is 336 g/mol. The highest BCUT2D eigenvalue weighted by molar-refractivity contribution is 7.92. The number of hydrogen-bond acceptors (Lipinski definition) is 3. The third-order valence-electron chi connectivity index (χ3n) is 4.91. The van der Waals surface area contributed by atoms with E-state index in [0.717, 1.165) is 11.1 Å². The number of benzene rings is 2. The number of sulfonamides is 1. The number of para-hydroxylation sites is 1. The fourth-order valence-corrected chi connectivity index (χ4v) is 5.19. The third kappa shape index (κ3) is 2.91. The van der Waals surface area contributed by atoms with Crippen LogP contribution < -0.4 is 10.0 Å². The molecule has 1 aliphatic rings. The summed E-state index contributed by atoms with van der Waals surface area (Å²) in [5.74, 6) is -0.903. The van der Waals surface area contributed by atoms with E-state index in [9.17, 15) is 13.2 Å². The monoisotopic (exact) mass is 358 g/mol. The van der Waals surface area contributed by atoms with Crippen LogP contribution >= 0.6 is 0 Å². The lowest BCUT2D eigenvalue weighted by Crippen LogP contribution is -2.45. The smallest absolute Gasteiger partial charge is 0.264 e. The lowest BCUT2D eigenvalue weighted by molar-refractivity contribution is -0.119. The van der Waals surface area contributed by atoms with Gasteiger partial charge >= 0.3 is 0 Å². The van der Waals surface area contributed by atoms with Gasteiger partial charge in [-0.25, -0.2) is 8.42 Å². The number of rotatable bonds is 3. The number of amides is 1. The maximum Gasteiger partial charge on any atom is 0.264 e. The zero-order chi connectivity index (χ0) is 18.4. The highest BCUT2D eigenvalue weighted by Crippen LogP contribution is 2.41. The summed E-state index contributed by atoms with van der Waals surface area (Å²) in [7, 11) is -3.73. The zero-order valence-electron chi connectivity index (χ0n) is 14.6. The number of nitrogens with zero attached hydrogens (tertiary/aromatic N) is 1. The first-order chi connectivity index (χ1) is 11.7. The number of hydrogen-bond donors (Lipinski definition) is 1. The average molecular weight is 358 g/mol. The van der Waals surface area contributed by atoms with Gasteiger partial charge in [0, 0.05) is 6.04 Å². The third-order valence-corrected chi connectivity index (χ3v) is 6.83. The first-order valence-electron chi connectivity index (χ1n) is 8.23. The van der Waals surface area contributed by atoms with E-state index in [1.807, 2.05) is 26.8 Å². The standard InChI is InChI=1S/C19H22N2O3S/c1-12-8-9-15(10-13(12)2)25(23,24)21-14(3)11-17(19(20)22)16-6-4-5-7-18(16)21/h4-10,14,17H,11H2,1-3H3,(H2,20,22). The lowest BCUT2D eigenvalue weighted by Gasteiger charge is -2.38. The van der Waals surface area contributed by atoms with Gasteiger partial charge in [-0.3, -0.25) is 9.10 Å². The van der Waals surface area contributed by atoms with Crippen molar-refractivity contribution in [3.8, 4) is 0 Å². The van der Waals surface area contributed by atoms with E-state index in [2.05, 4.69) is 0 Å². The summed E-state index contributed by atoms with van der Waals surface area (Å²) in [6, 6.07) is 11.9. The quantitative estimate of drug-likeness (QED) is 0.916. The van der Waals surface area contributed by atoms with Crippen LogP contribution in [0.3, 0.4) is 0 Å². The molecule has 1 aliphatic heterocycles. The van der Waals surface area contributed by atoms with Crippen LogP contribution in [0.2, 0.25) is 0 Å². The number of carbonyl (C=O) groups excluding carboxylic acids is 1. The summed E-state index contributed by atoms with van der Waals surface area (Å²) in [6.45, 7) is 5.65. The lowest BCUT2D eigenvalue weighted by atomic mass is 9.87. The highest BCUT2D eigenvalue weighted by atomic mass is 32.2. The second kappa shape index (κ2) is 6.19. The molecule has 2 aromatic carbocycles. The molecule has 0 saturated heterocycles. The zero-order valence-corrected chi connectivity index (χ0v) is 15.4. The van der Waals surface area contributed by atoms with Crippen molar-refractivity contribution in [3.05, 3.63) is 59.2 Å². The molecule has 132 valence electrons. The molecule has 0 bridgehead atoms. The second-order valence-electron chi connectivity index (χ2n) is 6.65. The molecule has 3 rings (SSSR count). The van der Waals surface area contributed by atoms with Crippen molar-refractivity contribution >= 4 is 21.6 Å². The average Bonchev–Trinajstić information content (AvgIpc) is 2.56. The number of aryl methyl sites for hydroxylation is 2. The van der Waals surface area contributed by atoms with Crippen molar-refractivity contribution in [1.29, 1.82) is 0 Å². The van der Waals surface area contributed by atoms with Gasteiger partial charge in [-0.2, -0.15) is 0 Å². The van der Waals surface area contributed by atoms with Crippen LogP contribution in [0.5, 0.6) is 0 Å². The fourth-order valence-electron chi connectivity index (χ4n) is 3.41. The van der Waals surface area contributed by atoms with Gasteiger partial charge in [0.15, 0.2) is 0 Å². The van der Waals surface area contributed by atoms with Crippen molar-refractivity contribution in [3.63, 3.8) is 0 Å². The summed E-state index contributed by atoms with van der Waals surface area (Å²) >= 11 is 0. The van der Waals surface area contributed by atoms with E-state index < -0.39 is 21.8 Å². The van der Waals surface area contributed by atoms with Gasteiger partial charge in [0.2, 0.25) is 5.91 Å². The molecule has 0 radical (unpaired) electrons. The number of fused-ring (bicyclic) bond motifs is 1. The maximum atomic E-state index is 13.3. The first-order valence-corrected chi connectivity index (χ1v) is 9.67. The largest absolute Gasteiger partial charge is 0.369 e. The molecule has 2 aromatic rings. The molecule has 2 atom stereocenters. The van der Waals surface area contributed by atoms with Gasteiger partial charge in [-0.15, -0.1) is 0 Å². The normalized spacial score (nSPS) is 20.2. The Morgan fingerprint density at radius 3 is 2.44 bits per heavy atom. The Hall–Kier alpha value is -2.34. The summed E-state index contributed by atoms with van der Waals surface area (Å²) in [4.78, 5) is 12.1.